The van der Waals surface area contributed by atoms with Crippen molar-refractivity contribution >= 4 is 34.1 Å². The molecule has 9 heteroatoms. The first-order valence-corrected chi connectivity index (χ1v) is 10.2. The van der Waals surface area contributed by atoms with Crippen LogP contribution in [0.15, 0.2) is 30.5 Å². The molecule has 1 aromatic carbocycles. The Hall–Kier alpha value is -3.20. The van der Waals surface area contributed by atoms with Crippen LogP contribution in [0.4, 0.5) is 21.7 Å². The monoisotopic (exact) mass is 411 g/mol. The number of aryl methyl sites for hydroxylation is 1. The number of benzene rings is 1. The van der Waals surface area contributed by atoms with Crippen molar-refractivity contribution in [2.24, 2.45) is 11.5 Å². The van der Waals surface area contributed by atoms with Gasteiger partial charge in [-0.2, -0.15) is 5.10 Å². The van der Waals surface area contributed by atoms with Crippen LogP contribution in [0.25, 0.3) is 10.9 Å². The second-order valence-corrected chi connectivity index (χ2v) is 7.60. The Balaban J connectivity index is 1.71. The van der Waals surface area contributed by atoms with Gasteiger partial charge in [0.05, 0.1) is 23.0 Å². The number of rotatable bonds is 6. The summed E-state index contributed by atoms with van der Waals surface area (Å²) in [7, 11) is 0. The van der Waals surface area contributed by atoms with Crippen LogP contribution in [0.2, 0.25) is 0 Å². The van der Waals surface area contributed by atoms with E-state index in [0.29, 0.717) is 5.69 Å². The predicted octanol–water partition coefficient (Wildman–Crippen LogP) is 3.11. The third kappa shape index (κ3) is 3.80. The van der Waals surface area contributed by atoms with Crippen molar-refractivity contribution in [2.45, 2.75) is 51.2 Å². The predicted molar refractivity (Wildman–Crippen MR) is 115 cm³/mol. The third-order valence-electron chi connectivity index (χ3n) is 5.62. The zero-order valence-electron chi connectivity index (χ0n) is 16.9. The van der Waals surface area contributed by atoms with Crippen LogP contribution in [0, 0.1) is 5.82 Å². The first kappa shape index (κ1) is 20.1. The summed E-state index contributed by atoms with van der Waals surface area (Å²) in [6.07, 6.45) is 5.57. The van der Waals surface area contributed by atoms with Crippen LogP contribution in [-0.4, -0.2) is 32.8 Å². The molecule has 1 aliphatic rings. The van der Waals surface area contributed by atoms with Gasteiger partial charge in [0.25, 0.3) is 5.91 Å². The molecule has 4 rings (SSSR count). The van der Waals surface area contributed by atoms with Crippen molar-refractivity contribution in [1.29, 1.82) is 0 Å². The highest BCUT2D eigenvalue weighted by molar-refractivity contribution is 6.00. The van der Waals surface area contributed by atoms with Gasteiger partial charge in [-0.15, -0.1) is 0 Å². The minimum atomic E-state index is -0.763. The quantitative estimate of drug-likeness (QED) is 0.494. The number of hydrogen-bond acceptors (Lipinski definition) is 6. The highest BCUT2D eigenvalue weighted by atomic mass is 19.1. The molecule has 8 nitrogen and oxygen atoms in total. The lowest BCUT2D eigenvalue weighted by molar-refractivity contribution is 0.100. The molecule has 1 unspecified atom stereocenters. The maximum atomic E-state index is 14.7. The molecule has 2 heterocycles. The van der Waals surface area contributed by atoms with Gasteiger partial charge in [-0.05, 0) is 38.0 Å². The number of pyridine rings is 1. The molecular weight excluding hydrogens is 385 g/mol. The van der Waals surface area contributed by atoms with Gasteiger partial charge < -0.3 is 22.1 Å². The minimum Gasteiger partial charge on any atom is -0.365 e. The molecule has 1 aliphatic carbocycles. The van der Waals surface area contributed by atoms with E-state index >= 15 is 0 Å². The number of aromatic nitrogens is 3. The number of amides is 1. The van der Waals surface area contributed by atoms with Crippen LogP contribution in [0.5, 0.6) is 0 Å². The Kier molecular flexibility index (Phi) is 5.54. The summed E-state index contributed by atoms with van der Waals surface area (Å²) >= 11 is 0. The second kappa shape index (κ2) is 8.27. The summed E-state index contributed by atoms with van der Waals surface area (Å²) in [6, 6.07) is 6.67. The van der Waals surface area contributed by atoms with E-state index in [1.165, 1.54) is 0 Å². The number of primary amides is 1. The summed E-state index contributed by atoms with van der Waals surface area (Å²) in [4.78, 5) is 16.3. The Morgan fingerprint density at radius 3 is 2.83 bits per heavy atom. The van der Waals surface area contributed by atoms with Crippen LogP contribution in [0.3, 0.4) is 0 Å². The van der Waals surface area contributed by atoms with Gasteiger partial charge in [0.2, 0.25) is 0 Å². The van der Waals surface area contributed by atoms with Crippen molar-refractivity contribution in [3.63, 3.8) is 0 Å². The van der Waals surface area contributed by atoms with Crippen molar-refractivity contribution in [3.05, 3.63) is 41.8 Å². The topological polar surface area (TPSA) is 124 Å². The van der Waals surface area contributed by atoms with Gasteiger partial charge in [0.15, 0.2) is 11.6 Å². The van der Waals surface area contributed by atoms with E-state index < -0.39 is 11.7 Å². The summed E-state index contributed by atoms with van der Waals surface area (Å²) in [5, 5.41) is 11.5. The van der Waals surface area contributed by atoms with E-state index in [-0.39, 0.29) is 29.3 Å². The summed E-state index contributed by atoms with van der Waals surface area (Å²) in [6.45, 7) is 2.73. The average Bonchev–Trinajstić information content (AvgIpc) is 3.16. The van der Waals surface area contributed by atoms with Crippen molar-refractivity contribution in [1.82, 2.24) is 14.8 Å². The van der Waals surface area contributed by atoms with E-state index in [1.807, 2.05) is 29.8 Å². The van der Waals surface area contributed by atoms with Gasteiger partial charge in [-0.25, -0.2) is 9.37 Å². The number of nitrogens with zero attached hydrogens (tertiary/aromatic N) is 3. The fraction of sp³-hybridized carbons (Fsp3) is 0.381. The zero-order valence-corrected chi connectivity index (χ0v) is 16.9. The van der Waals surface area contributed by atoms with Gasteiger partial charge in [-0.3, -0.25) is 9.48 Å². The number of nitrogens with two attached hydrogens (primary N) is 2. The molecule has 3 aromatic rings. The van der Waals surface area contributed by atoms with Crippen molar-refractivity contribution in [2.75, 3.05) is 10.6 Å². The number of nitrogens with one attached hydrogen (secondary N) is 2. The molecule has 1 fully saturated rings. The van der Waals surface area contributed by atoms with E-state index in [4.69, 9.17) is 11.5 Å². The standard InChI is InChI=1S/C21H26FN7O/c1-2-29-18-9-5-8-16(13(18)11-25-29)26-20-12(19(24)30)10-14(22)21(28-20)27-17-7-4-3-6-15(17)23/h5,8-11,15,17H,2-4,6-7,23H2,1H3,(H2,24,30)(H2,26,27,28)/t15-,17?/m0/s1. The summed E-state index contributed by atoms with van der Waals surface area (Å²) in [5.41, 5.74) is 13.3. The molecule has 2 aromatic heterocycles. The van der Waals surface area contributed by atoms with Gasteiger partial charge in [0, 0.05) is 24.0 Å². The molecule has 1 amide bonds. The van der Waals surface area contributed by atoms with Gasteiger partial charge in [-0.1, -0.05) is 18.9 Å². The number of fused-ring (bicyclic) bond motifs is 1. The maximum Gasteiger partial charge on any atom is 0.252 e. The largest absolute Gasteiger partial charge is 0.365 e. The van der Waals surface area contributed by atoms with E-state index in [1.54, 1.807) is 6.20 Å². The molecule has 6 N–H and O–H groups in total. The van der Waals surface area contributed by atoms with Crippen LogP contribution in [-0.2, 0) is 6.54 Å². The number of carbonyl (C=O) groups excluding carboxylic acids is 1. The number of hydrogen-bond donors (Lipinski definition) is 4. The molecule has 0 bridgehead atoms. The van der Waals surface area contributed by atoms with Crippen LogP contribution < -0.4 is 22.1 Å². The lowest BCUT2D eigenvalue weighted by atomic mass is 9.91. The van der Waals surface area contributed by atoms with E-state index in [0.717, 1.165) is 49.2 Å². The Bertz CT molecular complexity index is 1080. The fourth-order valence-electron chi connectivity index (χ4n) is 3.98. The SMILES string of the molecule is CCn1ncc2c(Nc3nc(NC4CCCC[C@@H]4N)c(F)cc3C(N)=O)cccc21. The average molecular weight is 411 g/mol. The Morgan fingerprint density at radius 2 is 2.10 bits per heavy atom. The van der Waals surface area contributed by atoms with E-state index in [2.05, 4.69) is 20.7 Å². The zero-order chi connectivity index (χ0) is 21.3. The van der Waals surface area contributed by atoms with Gasteiger partial charge >= 0.3 is 0 Å². The summed E-state index contributed by atoms with van der Waals surface area (Å²) < 4.78 is 16.6. The fourth-order valence-corrected chi connectivity index (χ4v) is 3.98. The lowest BCUT2D eigenvalue weighted by Crippen LogP contribution is -2.43. The molecule has 0 spiro atoms. The molecule has 1 saturated carbocycles. The third-order valence-corrected chi connectivity index (χ3v) is 5.62. The molecule has 0 saturated heterocycles. The molecule has 30 heavy (non-hydrogen) atoms. The summed E-state index contributed by atoms with van der Waals surface area (Å²) in [5.74, 6) is -1.15. The minimum absolute atomic E-state index is 0.0223. The van der Waals surface area contributed by atoms with Gasteiger partial charge in [0.1, 0.15) is 5.82 Å². The Labute approximate surface area is 173 Å². The Morgan fingerprint density at radius 1 is 1.30 bits per heavy atom. The molecule has 2 atom stereocenters. The maximum absolute atomic E-state index is 14.7. The van der Waals surface area contributed by atoms with Crippen LogP contribution >= 0.6 is 0 Å². The molecule has 0 aliphatic heterocycles. The number of halogens is 1. The van der Waals surface area contributed by atoms with Crippen molar-refractivity contribution in [3.8, 4) is 0 Å². The van der Waals surface area contributed by atoms with Crippen molar-refractivity contribution < 1.29 is 9.18 Å². The van der Waals surface area contributed by atoms with Crippen LogP contribution in [0.1, 0.15) is 43.0 Å². The first-order chi connectivity index (χ1) is 14.5. The lowest BCUT2D eigenvalue weighted by Gasteiger charge is -2.30. The first-order valence-electron chi connectivity index (χ1n) is 10.2. The highest BCUT2D eigenvalue weighted by Gasteiger charge is 2.24. The van der Waals surface area contributed by atoms with E-state index in [9.17, 15) is 9.18 Å². The highest BCUT2D eigenvalue weighted by Crippen LogP contribution is 2.30. The number of anilines is 3. The smallest absolute Gasteiger partial charge is 0.252 e. The molecule has 158 valence electrons. The number of carbonyl (C=O) groups is 1. The molecule has 0 radical (unpaired) electrons. The molecular formula is C21H26FN7O. The second-order valence-electron chi connectivity index (χ2n) is 7.60. The normalized spacial score (nSPS) is 19.0.